The number of ether oxygens (including phenoxy) is 2. The van der Waals surface area contributed by atoms with E-state index in [0.717, 1.165) is 51.6 Å². The second kappa shape index (κ2) is 7.16. The van der Waals surface area contributed by atoms with Gasteiger partial charge in [-0.25, -0.2) is 4.79 Å². The van der Waals surface area contributed by atoms with Crippen molar-refractivity contribution in [2.24, 2.45) is 23.2 Å². The molecule has 0 N–H and O–H groups in total. The Balaban J connectivity index is 1.62. The van der Waals surface area contributed by atoms with Gasteiger partial charge in [0.2, 0.25) is 0 Å². The fraction of sp³-hybridized carbons (Fsp3) is 0.900. The van der Waals surface area contributed by atoms with Gasteiger partial charge in [0.15, 0.2) is 0 Å². The van der Waals surface area contributed by atoms with Gasteiger partial charge in [-0.1, -0.05) is 13.8 Å². The van der Waals surface area contributed by atoms with Crippen LogP contribution >= 0.6 is 0 Å². The lowest BCUT2D eigenvalue weighted by molar-refractivity contribution is -0.169. The number of esters is 1. The first-order valence-electron chi connectivity index (χ1n) is 9.98. The molecule has 2 aliphatic carbocycles. The highest BCUT2D eigenvalue weighted by Crippen LogP contribution is 2.48. The van der Waals surface area contributed by atoms with E-state index in [1.807, 2.05) is 25.7 Å². The molecule has 0 spiro atoms. The number of carbonyl (C=O) groups excluding carboxylic acids is 2. The van der Waals surface area contributed by atoms with E-state index in [1.54, 1.807) is 0 Å². The second-order valence-electron chi connectivity index (χ2n) is 8.96. The van der Waals surface area contributed by atoms with Crippen molar-refractivity contribution in [2.75, 3.05) is 13.1 Å². The Morgan fingerprint density at radius 1 is 1.00 bits per heavy atom. The third kappa shape index (κ3) is 3.80. The van der Waals surface area contributed by atoms with Gasteiger partial charge in [-0.3, -0.25) is 4.79 Å². The van der Waals surface area contributed by atoms with E-state index in [1.165, 1.54) is 0 Å². The average molecular weight is 351 g/mol. The highest BCUT2D eigenvalue weighted by Gasteiger charge is 2.53. The van der Waals surface area contributed by atoms with Crippen molar-refractivity contribution >= 4 is 12.1 Å². The summed E-state index contributed by atoms with van der Waals surface area (Å²) < 4.78 is 11.8. The van der Waals surface area contributed by atoms with Crippen LogP contribution in [0.15, 0.2) is 0 Å². The molecule has 0 aromatic carbocycles. The van der Waals surface area contributed by atoms with E-state index >= 15 is 0 Å². The molecule has 2 bridgehead atoms. The minimum Gasteiger partial charge on any atom is -0.458 e. The van der Waals surface area contributed by atoms with Crippen molar-refractivity contribution in [3.05, 3.63) is 0 Å². The van der Waals surface area contributed by atoms with Gasteiger partial charge in [0, 0.05) is 24.9 Å². The zero-order valence-corrected chi connectivity index (χ0v) is 16.1. The Labute approximate surface area is 151 Å². The fourth-order valence-corrected chi connectivity index (χ4v) is 4.32. The molecule has 3 fully saturated rings. The van der Waals surface area contributed by atoms with Crippen molar-refractivity contribution in [2.45, 2.75) is 78.4 Å². The summed E-state index contributed by atoms with van der Waals surface area (Å²) in [5, 5.41) is 0. The summed E-state index contributed by atoms with van der Waals surface area (Å²) in [5.74, 6) is 1.21. The van der Waals surface area contributed by atoms with Gasteiger partial charge in [-0.05, 0) is 58.3 Å². The Hall–Kier alpha value is -1.26. The van der Waals surface area contributed by atoms with Crippen molar-refractivity contribution < 1.29 is 19.1 Å². The minimum absolute atomic E-state index is 0.166. The molecule has 5 nitrogen and oxygen atoms in total. The van der Waals surface area contributed by atoms with Gasteiger partial charge >= 0.3 is 12.1 Å². The van der Waals surface area contributed by atoms with Crippen molar-refractivity contribution in [3.63, 3.8) is 0 Å². The topological polar surface area (TPSA) is 55.8 Å². The minimum atomic E-state index is -0.487. The van der Waals surface area contributed by atoms with E-state index in [4.69, 9.17) is 9.47 Å². The summed E-state index contributed by atoms with van der Waals surface area (Å²) in [5.41, 5.74) is -0.487. The van der Waals surface area contributed by atoms with Crippen LogP contribution < -0.4 is 0 Å². The fourth-order valence-electron chi connectivity index (χ4n) is 4.32. The quantitative estimate of drug-likeness (QED) is 0.718. The van der Waals surface area contributed by atoms with E-state index < -0.39 is 5.41 Å². The lowest BCUT2D eigenvalue weighted by Crippen LogP contribution is -2.46. The van der Waals surface area contributed by atoms with Crippen molar-refractivity contribution in [1.82, 2.24) is 4.90 Å². The van der Waals surface area contributed by atoms with Gasteiger partial charge in [0.1, 0.15) is 12.2 Å². The lowest BCUT2D eigenvalue weighted by Gasteiger charge is -2.35. The SMILES string of the molecule is CCC(C)(C)C(=O)OC1C2CCC(C2)C1OC(=O)N1CCC(C)CC1. The number of nitrogens with zero attached hydrogens (tertiary/aromatic N) is 1. The Kier molecular flexibility index (Phi) is 5.31. The monoisotopic (exact) mass is 351 g/mol. The van der Waals surface area contributed by atoms with Crippen LogP contribution in [0.3, 0.4) is 0 Å². The molecule has 1 saturated heterocycles. The van der Waals surface area contributed by atoms with Crippen LogP contribution in [0.1, 0.15) is 66.2 Å². The molecule has 1 amide bonds. The van der Waals surface area contributed by atoms with Gasteiger partial charge in [0.25, 0.3) is 0 Å². The lowest BCUT2D eigenvalue weighted by atomic mass is 9.89. The molecular weight excluding hydrogens is 318 g/mol. The number of fused-ring (bicyclic) bond motifs is 2. The molecular formula is C20H33NO4. The highest BCUT2D eigenvalue weighted by atomic mass is 16.6. The second-order valence-corrected chi connectivity index (χ2v) is 8.96. The third-order valence-corrected chi connectivity index (χ3v) is 6.73. The van der Waals surface area contributed by atoms with Gasteiger partial charge in [0.05, 0.1) is 5.41 Å². The smallest absolute Gasteiger partial charge is 0.410 e. The maximum atomic E-state index is 12.6. The summed E-state index contributed by atoms with van der Waals surface area (Å²) in [4.78, 5) is 26.9. The molecule has 2 saturated carbocycles. The van der Waals surface area contributed by atoms with Crippen LogP contribution in [-0.4, -0.2) is 42.3 Å². The number of rotatable bonds is 4. The van der Waals surface area contributed by atoms with E-state index in [9.17, 15) is 9.59 Å². The first-order chi connectivity index (χ1) is 11.8. The normalized spacial score (nSPS) is 32.7. The highest BCUT2D eigenvalue weighted by molar-refractivity contribution is 5.76. The molecule has 3 rings (SSSR count). The first kappa shape index (κ1) is 18.5. The molecule has 142 valence electrons. The number of amides is 1. The standard InChI is InChI=1S/C20H33NO4/c1-5-20(3,4)18(22)24-16-14-6-7-15(12-14)17(16)25-19(23)21-10-8-13(2)9-11-21/h13-17H,5-12H2,1-4H3. The van der Waals surface area contributed by atoms with Crippen molar-refractivity contribution in [1.29, 1.82) is 0 Å². The third-order valence-electron chi connectivity index (χ3n) is 6.73. The number of hydrogen-bond acceptors (Lipinski definition) is 4. The molecule has 4 atom stereocenters. The Morgan fingerprint density at radius 2 is 1.56 bits per heavy atom. The number of likely N-dealkylation sites (tertiary alicyclic amines) is 1. The molecule has 1 aliphatic heterocycles. The van der Waals surface area contributed by atoms with E-state index in [2.05, 4.69) is 6.92 Å². The van der Waals surface area contributed by atoms with Crippen LogP contribution in [-0.2, 0) is 14.3 Å². The van der Waals surface area contributed by atoms with Crippen LogP contribution in [0.2, 0.25) is 0 Å². The van der Waals surface area contributed by atoms with Crippen LogP contribution in [0.4, 0.5) is 4.79 Å². The zero-order valence-electron chi connectivity index (χ0n) is 16.1. The number of piperidine rings is 1. The largest absolute Gasteiger partial charge is 0.458 e. The molecule has 25 heavy (non-hydrogen) atoms. The molecule has 0 aromatic heterocycles. The predicted octanol–water partition coefficient (Wildman–Crippen LogP) is 4.00. The first-order valence-corrected chi connectivity index (χ1v) is 9.98. The number of hydrogen-bond donors (Lipinski definition) is 0. The Morgan fingerprint density at radius 3 is 2.12 bits per heavy atom. The summed E-state index contributed by atoms with van der Waals surface area (Å²) in [7, 11) is 0. The summed E-state index contributed by atoms with van der Waals surface area (Å²) in [6.07, 6.45) is 5.23. The van der Waals surface area contributed by atoms with E-state index in [0.29, 0.717) is 17.8 Å². The molecule has 1 heterocycles. The molecule has 4 unspecified atom stereocenters. The maximum Gasteiger partial charge on any atom is 0.410 e. The molecule has 0 radical (unpaired) electrons. The summed E-state index contributed by atoms with van der Waals surface area (Å²) >= 11 is 0. The molecule has 3 aliphatic rings. The van der Waals surface area contributed by atoms with Gasteiger partial charge in [-0.2, -0.15) is 0 Å². The summed E-state index contributed by atoms with van der Waals surface area (Å²) in [6.45, 7) is 9.60. The summed E-state index contributed by atoms with van der Waals surface area (Å²) in [6, 6.07) is 0. The van der Waals surface area contributed by atoms with Crippen LogP contribution in [0.25, 0.3) is 0 Å². The van der Waals surface area contributed by atoms with Crippen LogP contribution in [0, 0.1) is 23.2 Å². The zero-order chi connectivity index (χ0) is 18.2. The van der Waals surface area contributed by atoms with E-state index in [-0.39, 0.29) is 24.3 Å². The average Bonchev–Trinajstić information content (AvgIpc) is 3.18. The molecule has 0 aromatic rings. The van der Waals surface area contributed by atoms with Crippen LogP contribution in [0.5, 0.6) is 0 Å². The predicted molar refractivity (Wildman–Crippen MR) is 95.0 cm³/mol. The van der Waals surface area contributed by atoms with Gasteiger partial charge < -0.3 is 14.4 Å². The number of carbonyl (C=O) groups is 2. The molecule has 5 heteroatoms. The Bertz CT molecular complexity index is 510. The van der Waals surface area contributed by atoms with Crippen molar-refractivity contribution in [3.8, 4) is 0 Å². The maximum absolute atomic E-state index is 12.6. The van der Waals surface area contributed by atoms with Gasteiger partial charge in [-0.15, -0.1) is 0 Å².